The zero-order valence-corrected chi connectivity index (χ0v) is 11.6. The minimum Gasteiger partial charge on any atom is -0.383 e. The van der Waals surface area contributed by atoms with Crippen LogP contribution in [0.5, 0.6) is 0 Å². The lowest BCUT2D eigenvalue weighted by molar-refractivity contribution is 0.425. The third-order valence-electron chi connectivity index (χ3n) is 2.76. The fourth-order valence-electron chi connectivity index (χ4n) is 1.67. The highest BCUT2D eigenvalue weighted by atomic mass is 32.2. The van der Waals surface area contributed by atoms with E-state index in [1.165, 1.54) is 10.5 Å². The van der Waals surface area contributed by atoms with Crippen LogP contribution in [0.4, 0.5) is 5.82 Å². The molecule has 3 rings (SSSR count). The number of thioether (sulfide) groups is 1. The summed E-state index contributed by atoms with van der Waals surface area (Å²) < 4.78 is 5.18. The highest BCUT2D eigenvalue weighted by Crippen LogP contribution is 2.25. The quantitative estimate of drug-likeness (QED) is 0.716. The third-order valence-corrected chi connectivity index (χ3v) is 3.76. The fourth-order valence-corrected chi connectivity index (χ4v) is 2.41. The number of hydrogen-bond donors (Lipinski definition) is 2. The lowest BCUT2D eigenvalue weighted by atomic mass is 10.2. The lowest BCUT2D eigenvalue weighted by Crippen LogP contribution is -1.88. The van der Waals surface area contributed by atoms with Crippen molar-refractivity contribution in [3.63, 3.8) is 0 Å². The summed E-state index contributed by atoms with van der Waals surface area (Å²) in [6.07, 6.45) is 1.57. The topological polar surface area (TPSA) is 93.6 Å². The molecule has 3 aromatic rings. The Morgan fingerprint density at radius 3 is 2.80 bits per heavy atom. The highest BCUT2D eigenvalue weighted by Gasteiger charge is 2.13. The molecule has 0 fully saturated rings. The maximum atomic E-state index is 5.71. The zero-order chi connectivity index (χ0) is 13.9. The van der Waals surface area contributed by atoms with Crippen LogP contribution in [0, 0.1) is 6.92 Å². The summed E-state index contributed by atoms with van der Waals surface area (Å²) in [5.74, 6) is 2.08. The minimum absolute atomic E-state index is 0.385. The molecule has 0 saturated carbocycles. The van der Waals surface area contributed by atoms with Gasteiger partial charge in [-0.15, -0.1) is 11.8 Å². The summed E-state index contributed by atoms with van der Waals surface area (Å²) in [4.78, 5) is 5.48. The molecular weight excluding hydrogens is 274 g/mol. The van der Waals surface area contributed by atoms with E-state index in [2.05, 4.69) is 51.5 Å². The molecule has 0 bridgehead atoms. The maximum absolute atomic E-state index is 5.71. The molecule has 2 heterocycles. The number of nitrogens with two attached hydrogens (primary N) is 1. The number of nitrogens with zero attached hydrogens (tertiary/aromatic N) is 3. The molecule has 0 aliphatic heterocycles. The van der Waals surface area contributed by atoms with E-state index < -0.39 is 0 Å². The van der Waals surface area contributed by atoms with Gasteiger partial charge in [-0.2, -0.15) is 10.1 Å². The van der Waals surface area contributed by atoms with Crippen LogP contribution in [-0.2, 0) is 5.75 Å². The van der Waals surface area contributed by atoms with Crippen molar-refractivity contribution in [1.82, 2.24) is 20.3 Å². The van der Waals surface area contributed by atoms with E-state index in [0.29, 0.717) is 28.8 Å². The van der Waals surface area contributed by atoms with Crippen molar-refractivity contribution in [2.45, 2.75) is 17.6 Å². The van der Waals surface area contributed by atoms with Crippen molar-refractivity contribution in [1.29, 1.82) is 0 Å². The Hall–Kier alpha value is -2.28. The van der Waals surface area contributed by atoms with Crippen molar-refractivity contribution in [2.24, 2.45) is 0 Å². The molecule has 0 unspecified atom stereocenters. The molecule has 2 aromatic heterocycles. The van der Waals surface area contributed by atoms with Crippen molar-refractivity contribution in [3.05, 3.63) is 41.9 Å². The fraction of sp³-hybridized carbons (Fsp3) is 0.154. The first-order valence-corrected chi connectivity index (χ1v) is 7.02. The Labute approximate surface area is 119 Å². The molecule has 0 amide bonds. The van der Waals surface area contributed by atoms with Crippen LogP contribution in [0.1, 0.15) is 11.4 Å². The SMILES string of the molecule is Cc1ccc(SCc2noc(-c3cn[nH]c3N)n2)cc1. The van der Waals surface area contributed by atoms with E-state index >= 15 is 0 Å². The van der Waals surface area contributed by atoms with Gasteiger partial charge in [0.05, 0.1) is 11.9 Å². The summed E-state index contributed by atoms with van der Waals surface area (Å²) in [6.45, 7) is 2.06. The predicted molar refractivity (Wildman–Crippen MR) is 77.0 cm³/mol. The molecule has 3 N–H and O–H groups in total. The first kappa shape index (κ1) is 12.7. The number of nitrogens with one attached hydrogen (secondary N) is 1. The maximum Gasteiger partial charge on any atom is 0.263 e. The average Bonchev–Trinajstić information content (AvgIpc) is 3.06. The van der Waals surface area contributed by atoms with Crippen molar-refractivity contribution < 1.29 is 4.52 Å². The Balaban J connectivity index is 1.69. The second-order valence-electron chi connectivity index (χ2n) is 4.31. The number of aryl methyl sites for hydroxylation is 1. The second-order valence-corrected chi connectivity index (χ2v) is 5.36. The molecule has 0 aliphatic rings. The van der Waals surface area contributed by atoms with Gasteiger partial charge in [-0.1, -0.05) is 22.9 Å². The van der Waals surface area contributed by atoms with Gasteiger partial charge in [0.1, 0.15) is 11.4 Å². The summed E-state index contributed by atoms with van der Waals surface area (Å²) in [6, 6.07) is 8.32. The minimum atomic E-state index is 0.385. The molecular formula is C13H13N5OS. The monoisotopic (exact) mass is 287 g/mol. The summed E-state index contributed by atoms with van der Waals surface area (Å²) in [5, 5.41) is 10.4. The number of benzene rings is 1. The predicted octanol–water partition coefficient (Wildman–Crippen LogP) is 2.64. The average molecular weight is 287 g/mol. The molecule has 1 aromatic carbocycles. The first-order chi connectivity index (χ1) is 9.72. The van der Waals surface area contributed by atoms with E-state index in [-0.39, 0.29) is 0 Å². The number of aromatic amines is 1. The Bertz CT molecular complexity index is 704. The van der Waals surface area contributed by atoms with Crippen molar-refractivity contribution >= 4 is 17.6 Å². The largest absolute Gasteiger partial charge is 0.383 e. The van der Waals surface area contributed by atoms with Gasteiger partial charge in [-0.3, -0.25) is 5.10 Å². The molecule has 102 valence electrons. The van der Waals surface area contributed by atoms with E-state index in [1.54, 1.807) is 18.0 Å². The summed E-state index contributed by atoms with van der Waals surface area (Å²) >= 11 is 1.66. The van der Waals surface area contributed by atoms with Gasteiger partial charge in [0.25, 0.3) is 5.89 Å². The van der Waals surface area contributed by atoms with E-state index in [9.17, 15) is 0 Å². The van der Waals surface area contributed by atoms with E-state index in [4.69, 9.17) is 10.3 Å². The number of H-pyrrole nitrogens is 1. The van der Waals surface area contributed by atoms with Crippen LogP contribution in [0.15, 0.2) is 39.9 Å². The van der Waals surface area contributed by atoms with Crippen LogP contribution in [0.3, 0.4) is 0 Å². The zero-order valence-electron chi connectivity index (χ0n) is 10.8. The van der Waals surface area contributed by atoms with Gasteiger partial charge in [0, 0.05) is 4.90 Å². The molecule has 0 radical (unpaired) electrons. The molecule has 7 heteroatoms. The van der Waals surface area contributed by atoms with Crippen LogP contribution in [0.2, 0.25) is 0 Å². The van der Waals surface area contributed by atoms with Crippen LogP contribution in [-0.4, -0.2) is 20.3 Å². The molecule has 0 aliphatic carbocycles. The summed E-state index contributed by atoms with van der Waals surface area (Å²) in [5.41, 5.74) is 7.58. The molecule has 0 atom stereocenters. The third kappa shape index (κ3) is 2.67. The van der Waals surface area contributed by atoms with Crippen LogP contribution in [0.25, 0.3) is 11.5 Å². The van der Waals surface area contributed by atoms with Gasteiger partial charge >= 0.3 is 0 Å². The Morgan fingerprint density at radius 1 is 1.30 bits per heavy atom. The van der Waals surface area contributed by atoms with E-state index in [0.717, 1.165) is 0 Å². The van der Waals surface area contributed by atoms with E-state index in [1.807, 2.05) is 0 Å². The number of aromatic nitrogens is 4. The molecule has 6 nitrogen and oxygen atoms in total. The first-order valence-electron chi connectivity index (χ1n) is 6.03. The lowest BCUT2D eigenvalue weighted by Gasteiger charge is -1.98. The number of anilines is 1. The van der Waals surface area contributed by atoms with Crippen molar-refractivity contribution in [2.75, 3.05) is 5.73 Å². The standard InChI is InChI=1S/C13H13N5OS/c1-8-2-4-9(5-3-8)20-7-11-16-13(19-18-11)10-6-15-17-12(10)14/h2-6H,7H2,1H3,(H3,14,15,17). The molecule has 20 heavy (non-hydrogen) atoms. The van der Waals surface area contributed by atoms with Gasteiger partial charge in [0.15, 0.2) is 5.82 Å². The van der Waals surface area contributed by atoms with Gasteiger partial charge in [0.2, 0.25) is 0 Å². The normalized spacial score (nSPS) is 10.8. The second kappa shape index (κ2) is 5.38. The molecule has 0 spiro atoms. The number of rotatable bonds is 4. The smallest absolute Gasteiger partial charge is 0.263 e. The van der Waals surface area contributed by atoms with Crippen molar-refractivity contribution in [3.8, 4) is 11.5 Å². The van der Waals surface area contributed by atoms with Crippen LogP contribution >= 0.6 is 11.8 Å². The Kier molecular flexibility index (Phi) is 3.42. The van der Waals surface area contributed by atoms with Gasteiger partial charge < -0.3 is 10.3 Å². The van der Waals surface area contributed by atoms with Crippen LogP contribution < -0.4 is 5.73 Å². The number of nitrogen functional groups attached to an aromatic ring is 1. The van der Waals surface area contributed by atoms with Gasteiger partial charge in [-0.05, 0) is 19.1 Å². The summed E-state index contributed by atoms with van der Waals surface area (Å²) in [7, 11) is 0. The highest BCUT2D eigenvalue weighted by molar-refractivity contribution is 7.98. The van der Waals surface area contributed by atoms with Gasteiger partial charge in [-0.25, -0.2) is 0 Å². The molecule has 0 saturated heterocycles. The number of hydrogen-bond acceptors (Lipinski definition) is 6. The Morgan fingerprint density at radius 2 is 2.10 bits per heavy atom.